The van der Waals surface area contributed by atoms with E-state index in [0.29, 0.717) is 10.8 Å². The third kappa shape index (κ3) is 4.82. The van der Waals surface area contributed by atoms with Gasteiger partial charge < -0.3 is 10.1 Å². The summed E-state index contributed by atoms with van der Waals surface area (Å²) in [7, 11) is 0. The van der Waals surface area contributed by atoms with E-state index >= 15 is 0 Å². The third-order valence-electron chi connectivity index (χ3n) is 3.89. The highest BCUT2D eigenvalue weighted by atomic mass is 79.9. The van der Waals surface area contributed by atoms with Gasteiger partial charge in [0.15, 0.2) is 5.13 Å². The molecule has 0 atom stereocenters. The van der Waals surface area contributed by atoms with Crippen molar-refractivity contribution in [1.82, 2.24) is 4.98 Å². The molecular formula is C20H14BrF3N2OS. The molecule has 28 heavy (non-hydrogen) atoms. The van der Waals surface area contributed by atoms with Crippen LogP contribution in [0.1, 0.15) is 0 Å². The summed E-state index contributed by atoms with van der Waals surface area (Å²) in [4.78, 5) is 4.56. The maximum atomic E-state index is 12.2. The van der Waals surface area contributed by atoms with Gasteiger partial charge in [0.25, 0.3) is 0 Å². The summed E-state index contributed by atoms with van der Waals surface area (Å²) in [6.07, 6.45) is -4.70. The van der Waals surface area contributed by atoms with E-state index in [2.05, 4.69) is 39.3 Å². The van der Waals surface area contributed by atoms with E-state index in [4.69, 9.17) is 0 Å². The lowest BCUT2D eigenvalue weighted by atomic mass is 10.1. The number of hydrogen-bond acceptors (Lipinski definition) is 4. The van der Waals surface area contributed by atoms with Crippen molar-refractivity contribution in [3.63, 3.8) is 0 Å². The van der Waals surface area contributed by atoms with Crippen LogP contribution in [-0.4, -0.2) is 11.3 Å². The molecule has 1 heterocycles. The van der Waals surface area contributed by atoms with Gasteiger partial charge in [-0.2, -0.15) is 0 Å². The van der Waals surface area contributed by atoms with Crippen LogP contribution in [0, 0.1) is 0 Å². The standard InChI is InChI=1S/C20H13F3N2OS.BrH/c21-20(22,23)26-17-9-7-16(8-10-17)24-19-25-18(12-27-19)15-6-5-13-3-1-2-4-14(13)11-15;/h1-12H,(H,24,25);1H. The van der Waals surface area contributed by atoms with Crippen molar-refractivity contribution in [3.05, 3.63) is 72.1 Å². The Morgan fingerprint density at radius 1 is 0.893 bits per heavy atom. The molecule has 0 saturated heterocycles. The highest BCUT2D eigenvalue weighted by Crippen LogP contribution is 2.30. The van der Waals surface area contributed by atoms with Gasteiger partial charge in [0.05, 0.1) is 5.69 Å². The molecule has 0 fully saturated rings. The van der Waals surface area contributed by atoms with Crippen LogP contribution in [0.5, 0.6) is 5.75 Å². The van der Waals surface area contributed by atoms with E-state index in [1.54, 1.807) is 0 Å². The Labute approximate surface area is 173 Å². The lowest BCUT2D eigenvalue weighted by Crippen LogP contribution is -2.16. The molecule has 4 aromatic rings. The maximum absolute atomic E-state index is 12.2. The first-order chi connectivity index (χ1) is 13.0. The molecular weight excluding hydrogens is 453 g/mol. The summed E-state index contributed by atoms with van der Waals surface area (Å²) in [5, 5.41) is 7.98. The highest BCUT2D eigenvalue weighted by Gasteiger charge is 2.30. The molecule has 0 amide bonds. The Hall–Kier alpha value is -2.58. The normalized spacial score (nSPS) is 11.1. The largest absolute Gasteiger partial charge is 0.573 e. The number of benzene rings is 3. The number of nitrogens with zero attached hydrogens (tertiary/aromatic N) is 1. The van der Waals surface area contributed by atoms with Gasteiger partial charge in [-0.3, -0.25) is 0 Å². The topological polar surface area (TPSA) is 34.1 Å². The van der Waals surface area contributed by atoms with Crippen molar-refractivity contribution < 1.29 is 17.9 Å². The highest BCUT2D eigenvalue weighted by molar-refractivity contribution is 8.93. The molecule has 1 aromatic heterocycles. The minimum Gasteiger partial charge on any atom is -0.406 e. The second-order valence-corrected chi connectivity index (χ2v) is 6.66. The zero-order valence-corrected chi connectivity index (χ0v) is 16.8. The van der Waals surface area contributed by atoms with Crippen molar-refractivity contribution in [2.24, 2.45) is 0 Å². The third-order valence-corrected chi connectivity index (χ3v) is 4.65. The van der Waals surface area contributed by atoms with Crippen LogP contribution < -0.4 is 10.1 Å². The van der Waals surface area contributed by atoms with E-state index in [-0.39, 0.29) is 22.7 Å². The molecule has 0 aliphatic rings. The summed E-state index contributed by atoms with van der Waals surface area (Å²) < 4.78 is 40.5. The summed E-state index contributed by atoms with van der Waals surface area (Å²) in [5.74, 6) is -0.260. The monoisotopic (exact) mass is 466 g/mol. The summed E-state index contributed by atoms with van der Waals surface area (Å²) in [6, 6.07) is 19.8. The fourth-order valence-electron chi connectivity index (χ4n) is 2.68. The average molecular weight is 467 g/mol. The fraction of sp³-hybridized carbons (Fsp3) is 0.0500. The second-order valence-electron chi connectivity index (χ2n) is 5.80. The van der Waals surface area contributed by atoms with Crippen molar-refractivity contribution in [2.45, 2.75) is 6.36 Å². The van der Waals surface area contributed by atoms with Crippen LogP contribution in [0.15, 0.2) is 72.1 Å². The zero-order valence-electron chi connectivity index (χ0n) is 14.2. The number of rotatable bonds is 4. The van der Waals surface area contributed by atoms with Crippen molar-refractivity contribution >= 4 is 49.9 Å². The predicted octanol–water partition coefficient (Wildman–Crippen LogP) is 7.18. The molecule has 144 valence electrons. The van der Waals surface area contributed by atoms with E-state index in [1.807, 2.05) is 23.6 Å². The van der Waals surface area contributed by atoms with E-state index < -0.39 is 6.36 Å². The van der Waals surface area contributed by atoms with Crippen LogP contribution in [0.25, 0.3) is 22.0 Å². The molecule has 3 nitrogen and oxygen atoms in total. The number of thiazole rings is 1. The molecule has 0 saturated carbocycles. The van der Waals surface area contributed by atoms with Gasteiger partial charge in [-0.1, -0.05) is 36.4 Å². The summed E-state index contributed by atoms with van der Waals surface area (Å²) in [6.45, 7) is 0. The van der Waals surface area contributed by atoms with Gasteiger partial charge >= 0.3 is 6.36 Å². The summed E-state index contributed by atoms with van der Waals surface area (Å²) >= 11 is 1.43. The number of fused-ring (bicyclic) bond motifs is 1. The number of anilines is 2. The molecule has 4 rings (SSSR count). The number of aromatic nitrogens is 1. The maximum Gasteiger partial charge on any atom is 0.573 e. The molecule has 0 bridgehead atoms. The van der Waals surface area contributed by atoms with Gasteiger partial charge in [0, 0.05) is 16.6 Å². The van der Waals surface area contributed by atoms with Crippen LogP contribution in [0.2, 0.25) is 0 Å². The first-order valence-corrected chi connectivity index (χ1v) is 8.92. The average Bonchev–Trinajstić information content (AvgIpc) is 3.10. The van der Waals surface area contributed by atoms with Crippen molar-refractivity contribution in [1.29, 1.82) is 0 Å². The first kappa shape index (κ1) is 20.2. The van der Waals surface area contributed by atoms with Crippen LogP contribution >= 0.6 is 28.3 Å². The van der Waals surface area contributed by atoms with Gasteiger partial charge in [0.1, 0.15) is 5.75 Å². The number of alkyl halides is 3. The molecule has 0 radical (unpaired) electrons. The minimum atomic E-state index is -4.70. The Bertz CT molecular complexity index is 1080. The first-order valence-electron chi connectivity index (χ1n) is 8.04. The Balaban J connectivity index is 0.00000225. The molecule has 0 aliphatic heterocycles. The number of halogens is 4. The summed E-state index contributed by atoms with van der Waals surface area (Å²) in [5.41, 5.74) is 2.47. The van der Waals surface area contributed by atoms with Crippen molar-refractivity contribution in [2.75, 3.05) is 5.32 Å². The van der Waals surface area contributed by atoms with Crippen LogP contribution in [0.3, 0.4) is 0 Å². The molecule has 8 heteroatoms. The molecule has 3 aromatic carbocycles. The Kier molecular flexibility index (Phi) is 5.90. The number of ether oxygens (including phenoxy) is 1. The second kappa shape index (κ2) is 8.20. The number of hydrogen-bond donors (Lipinski definition) is 1. The van der Waals surface area contributed by atoms with Crippen LogP contribution in [-0.2, 0) is 0 Å². The molecule has 0 spiro atoms. The van der Waals surface area contributed by atoms with E-state index in [1.165, 1.54) is 35.6 Å². The fourth-order valence-corrected chi connectivity index (χ4v) is 3.42. The van der Waals surface area contributed by atoms with Gasteiger partial charge in [-0.15, -0.1) is 41.5 Å². The van der Waals surface area contributed by atoms with Gasteiger partial charge in [-0.25, -0.2) is 4.98 Å². The van der Waals surface area contributed by atoms with Crippen LogP contribution in [0.4, 0.5) is 24.0 Å². The van der Waals surface area contributed by atoms with Crippen molar-refractivity contribution in [3.8, 4) is 17.0 Å². The van der Waals surface area contributed by atoms with E-state index in [9.17, 15) is 13.2 Å². The smallest absolute Gasteiger partial charge is 0.406 e. The Morgan fingerprint density at radius 3 is 2.32 bits per heavy atom. The molecule has 0 unspecified atom stereocenters. The lowest BCUT2D eigenvalue weighted by molar-refractivity contribution is -0.274. The molecule has 1 N–H and O–H groups in total. The van der Waals surface area contributed by atoms with E-state index in [0.717, 1.165) is 22.0 Å². The Morgan fingerprint density at radius 2 is 1.61 bits per heavy atom. The SMILES string of the molecule is Br.FC(F)(F)Oc1ccc(Nc2nc(-c3ccc4ccccc4c3)cs2)cc1. The lowest BCUT2D eigenvalue weighted by Gasteiger charge is -2.09. The van der Waals surface area contributed by atoms with Gasteiger partial charge in [0.2, 0.25) is 0 Å². The molecule has 0 aliphatic carbocycles. The predicted molar refractivity (Wildman–Crippen MR) is 112 cm³/mol. The minimum absolute atomic E-state index is 0. The number of nitrogens with one attached hydrogen (secondary N) is 1. The zero-order chi connectivity index (χ0) is 18.9. The quantitative estimate of drug-likeness (QED) is 0.345. The van der Waals surface area contributed by atoms with Gasteiger partial charge in [-0.05, 0) is 41.1 Å².